The molecule has 0 aromatic heterocycles. The van der Waals surface area contributed by atoms with Crippen LogP contribution in [0.2, 0.25) is 10.0 Å². The number of benzene rings is 1. The molecule has 0 bridgehead atoms. The number of hydrogen-bond acceptors (Lipinski definition) is 2. The van der Waals surface area contributed by atoms with Crippen molar-refractivity contribution < 1.29 is 9.50 Å². The molecule has 0 heterocycles. The van der Waals surface area contributed by atoms with Gasteiger partial charge in [0.2, 0.25) is 0 Å². The van der Waals surface area contributed by atoms with E-state index in [0.717, 1.165) is 0 Å². The highest BCUT2D eigenvalue weighted by atomic mass is 35.5. The lowest BCUT2D eigenvalue weighted by Gasteiger charge is -2.12. The minimum atomic E-state index is -0.556. The lowest BCUT2D eigenvalue weighted by molar-refractivity contribution is 0.276. The molecular weight excluding hydrogens is 228 g/mol. The summed E-state index contributed by atoms with van der Waals surface area (Å²) in [7, 11) is 0. The Morgan fingerprint density at radius 3 is 2.57 bits per heavy atom. The number of aliphatic hydroxyl groups excluding tert-OH is 1. The number of aliphatic hydroxyl groups is 1. The molecule has 78 valence electrons. The first-order valence-electron chi connectivity index (χ1n) is 4.07. The van der Waals surface area contributed by atoms with Crippen LogP contribution in [-0.2, 0) is 0 Å². The zero-order chi connectivity index (χ0) is 10.7. The zero-order valence-electron chi connectivity index (χ0n) is 7.30. The molecule has 0 aliphatic carbocycles. The van der Waals surface area contributed by atoms with Gasteiger partial charge in [-0.15, -0.1) is 0 Å². The van der Waals surface area contributed by atoms with Crippen LogP contribution in [-0.4, -0.2) is 11.7 Å². The Balaban J connectivity index is 3.02. The lowest BCUT2D eigenvalue weighted by atomic mass is 10.1. The van der Waals surface area contributed by atoms with Gasteiger partial charge in [0.1, 0.15) is 5.82 Å². The number of halogens is 3. The van der Waals surface area contributed by atoms with E-state index in [2.05, 4.69) is 0 Å². The van der Waals surface area contributed by atoms with E-state index < -0.39 is 11.9 Å². The smallest absolute Gasteiger partial charge is 0.142 e. The summed E-state index contributed by atoms with van der Waals surface area (Å²) in [5.74, 6) is -0.556. The van der Waals surface area contributed by atoms with Crippen molar-refractivity contribution >= 4 is 23.2 Å². The van der Waals surface area contributed by atoms with Gasteiger partial charge in [-0.3, -0.25) is 0 Å². The normalized spacial score (nSPS) is 12.9. The minimum absolute atomic E-state index is 0.0325. The standard InChI is InChI=1S/C9H10Cl2FNO/c10-6-4-7(11)8(12)3-5(6)9(13)1-2-14/h3-4,9,14H,1-2,13H2. The van der Waals surface area contributed by atoms with Crippen molar-refractivity contribution in [2.75, 3.05) is 6.61 Å². The third-order valence-corrected chi connectivity index (χ3v) is 2.50. The summed E-state index contributed by atoms with van der Waals surface area (Å²) in [5, 5.41) is 8.95. The Bertz CT molecular complexity index is 333. The molecule has 0 spiro atoms. The predicted molar refractivity (Wildman–Crippen MR) is 55.1 cm³/mol. The van der Waals surface area contributed by atoms with Crippen LogP contribution >= 0.6 is 23.2 Å². The summed E-state index contributed by atoms with van der Waals surface area (Å²) in [6, 6.07) is 2.04. The van der Waals surface area contributed by atoms with Crippen molar-refractivity contribution in [3.05, 3.63) is 33.6 Å². The summed E-state index contributed by atoms with van der Waals surface area (Å²) in [4.78, 5) is 0. The van der Waals surface area contributed by atoms with Crippen LogP contribution in [0.1, 0.15) is 18.0 Å². The van der Waals surface area contributed by atoms with Crippen LogP contribution in [0.4, 0.5) is 4.39 Å². The quantitative estimate of drug-likeness (QED) is 0.794. The van der Waals surface area contributed by atoms with Gasteiger partial charge in [-0.2, -0.15) is 0 Å². The van der Waals surface area contributed by atoms with Crippen LogP contribution in [0.15, 0.2) is 12.1 Å². The van der Waals surface area contributed by atoms with E-state index in [1.807, 2.05) is 0 Å². The average molecular weight is 238 g/mol. The molecule has 0 saturated carbocycles. The van der Waals surface area contributed by atoms with E-state index in [1.165, 1.54) is 12.1 Å². The lowest BCUT2D eigenvalue weighted by Crippen LogP contribution is -2.12. The second kappa shape index (κ2) is 4.94. The molecular formula is C9H10Cl2FNO. The molecule has 0 radical (unpaired) electrons. The van der Waals surface area contributed by atoms with Crippen molar-refractivity contribution in [3.8, 4) is 0 Å². The molecule has 1 aromatic rings. The second-order valence-electron chi connectivity index (χ2n) is 2.91. The van der Waals surface area contributed by atoms with E-state index in [1.54, 1.807) is 0 Å². The molecule has 0 aliphatic rings. The van der Waals surface area contributed by atoms with Crippen LogP contribution in [0, 0.1) is 5.82 Å². The van der Waals surface area contributed by atoms with Crippen LogP contribution in [0.25, 0.3) is 0 Å². The van der Waals surface area contributed by atoms with Gasteiger partial charge in [0.15, 0.2) is 0 Å². The van der Waals surface area contributed by atoms with Crippen LogP contribution in [0.3, 0.4) is 0 Å². The summed E-state index contributed by atoms with van der Waals surface area (Å²) in [5.41, 5.74) is 6.13. The summed E-state index contributed by atoms with van der Waals surface area (Å²) in [6.07, 6.45) is 0.334. The zero-order valence-corrected chi connectivity index (χ0v) is 8.82. The molecule has 0 amide bonds. The van der Waals surface area contributed by atoms with E-state index in [4.69, 9.17) is 34.0 Å². The molecule has 1 aromatic carbocycles. The van der Waals surface area contributed by atoms with Gasteiger partial charge >= 0.3 is 0 Å². The molecule has 3 N–H and O–H groups in total. The van der Waals surface area contributed by atoms with E-state index >= 15 is 0 Å². The summed E-state index contributed by atoms with van der Waals surface area (Å²) >= 11 is 11.3. The second-order valence-corrected chi connectivity index (χ2v) is 3.72. The maximum atomic E-state index is 13.1. The van der Waals surface area contributed by atoms with Crippen LogP contribution < -0.4 is 5.73 Å². The highest BCUT2D eigenvalue weighted by Gasteiger charge is 2.13. The molecule has 1 unspecified atom stereocenters. The maximum absolute atomic E-state index is 13.1. The molecule has 1 atom stereocenters. The van der Waals surface area contributed by atoms with Crippen molar-refractivity contribution in [1.29, 1.82) is 0 Å². The Morgan fingerprint density at radius 2 is 2.00 bits per heavy atom. The first-order chi connectivity index (χ1) is 6.56. The summed E-state index contributed by atoms with van der Waals surface area (Å²) in [6.45, 7) is -0.0677. The third-order valence-electron chi connectivity index (χ3n) is 1.88. The molecule has 0 fully saturated rings. The van der Waals surface area contributed by atoms with Gasteiger partial charge in [-0.1, -0.05) is 23.2 Å². The van der Waals surface area contributed by atoms with Crippen molar-refractivity contribution in [3.63, 3.8) is 0 Å². The van der Waals surface area contributed by atoms with Crippen molar-refractivity contribution in [2.24, 2.45) is 5.73 Å². The SMILES string of the molecule is NC(CCO)c1cc(F)c(Cl)cc1Cl. The molecule has 1 rings (SSSR count). The van der Waals surface area contributed by atoms with Crippen LogP contribution in [0.5, 0.6) is 0 Å². The summed E-state index contributed by atoms with van der Waals surface area (Å²) < 4.78 is 13.1. The fraction of sp³-hybridized carbons (Fsp3) is 0.333. The predicted octanol–water partition coefficient (Wildman–Crippen LogP) is 2.51. The molecule has 2 nitrogen and oxygen atoms in total. The molecule has 0 saturated heterocycles. The molecule has 0 aliphatic heterocycles. The first kappa shape index (κ1) is 11.7. The Labute approximate surface area is 91.4 Å². The number of hydrogen-bond donors (Lipinski definition) is 2. The van der Waals surface area contributed by atoms with Gasteiger partial charge in [0.05, 0.1) is 5.02 Å². The highest BCUT2D eigenvalue weighted by molar-refractivity contribution is 6.35. The van der Waals surface area contributed by atoms with E-state index in [0.29, 0.717) is 17.0 Å². The fourth-order valence-electron chi connectivity index (χ4n) is 1.12. The molecule has 14 heavy (non-hydrogen) atoms. The van der Waals surface area contributed by atoms with Crippen molar-refractivity contribution in [1.82, 2.24) is 0 Å². The van der Waals surface area contributed by atoms with Gasteiger partial charge < -0.3 is 10.8 Å². The minimum Gasteiger partial charge on any atom is -0.396 e. The van der Waals surface area contributed by atoms with Gasteiger partial charge in [0, 0.05) is 17.7 Å². The maximum Gasteiger partial charge on any atom is 0.142 e. The average Bonchev–Trinajstić information content (AvgIpc) is 2.11. The van der Waals surface area contributed by atoms with Gasteiger partial charge in [0.25, 0.3) is 0 Å². The fourth-order valence-corrected chi connectivity index (χ4v) is 1.64. The number of nitrogens with two attached hydrogens (primary N) is 1. The van der Waals surface area contributed by atoms with Gasteiger partial charge in [-0.05, 0) is 24.1 Å². The molecule has 5 heteroatoms. The topological polar surface area (TPSA) is 46.2 Å². The Hall–Kier alpha value is -0.350. The first-order valence-corrected chi connectivity index (χ1v) is 4.82. The third kappa shape index (κ3) is 2.58. The Morgan fingerprint density at radius 1 is 1.36 bits per heavy atom. The van der Waals surface area contributed by atoms with Crippen molar-refractivity contribution in [2.45, 2.75) is 12.5 Å². The van der Waals surface area contributed by atoms with Gasteiger partial charge in [-0.25, -0.2) is 4.39 Å². The van der Waals surface area contributed by atoms with E-state index in [9.17, 15) is 4.39 Å². The largest absolute Gasteiger partial charge is 0.396 e. The number of rotatable bonds is 3. The monoisotopic (exact) mass is 237 g/mol. The highest BCUT2D eigenvalue weighted by Crippen LogP contribution is 2.28. The Kier molecular flexibility index (Phi) is 4.13. The van der Waals surface area contributed by atoms with E-state index in [-0.39, 0.29) is 11.6 Å².